The Balaban J connectivity index is 2.44. The molecule has 1 aliphatic heterocycles. The van der Waals surface area contributed by atoms with Gasteiger partial charge in [0.1, 0.15) is 0 Å². The lowest BCUT2D eigenvalue weighted by molar-refractivity contribution is -0.141. The van der Waals surface area contributed by atoms with Crippen LogP contribution in [0.3, 0.4) is 0 Å². The molecule has 17 heavy (non-hydrogen) atoms. The van der Waals surface area contributed by atoms with Crippen molar-refractivity contribution in [2.45, 2.75) is 13.3 Å². The van der Waals surface area contributed by atoms with Gasteiger partial charge in [0, 0.05) is 39.2 Å². The minimum atomic E-state index is -0.903. The SMILES string of the molecule is CC(CN(C)C(=O)N1CCC(CO)C1)C(=O)O. The topological polar surface area (TPSA) is 81.1 Å². The standard InChI is InChI=1S/C11H20N2O4/c1-8(10(15)16)5-12(2)11(17)13-4-3-9(6-13)7-14/h8-9,14H,3-7H2,1-2H3,(H,15,16). The molecule has 0 spiro atoms. The molecule has 0 radical (unpaired) electrons. The number of aliphatic hydroxyl groups is 1. The minimum Gasteiger partial charge on any atom is -0.481 e. The van der Waals surface area contributed by atoms with Crippen LogP contribution in [-0.2, 0) is 4.79 Å². The van der Waals surface area contributed by atoms with Gasteiger partial charge in [-0.1, -0.05) is 6.92 Å². The van der Waals surface area contributed by atoms with E-state index in [0.29, 0.717) is 13.1 Å². The normalized spacial score (nSPS) is 21.4. The summed E-state index contributed by atoms with van der Waals surface area (Å²) in [5.74, 6) is -1.32. The number of carbonyl (C=O) groups is 2. The van der Waals surface area contributed by atoms with E-state index in [1.165, 1.54) is 4.90 Å². The Kier molecular flexibility index (Phi) is 4.74. The van der Waals surface area contributed by atoms with Crippen molar-refractivity contribution in [2.24, 2.45) is 11.8 Å². The molecule has 1 saturated heterocycles. The van der Waals surface area contributed by atoms with E-state index >= 15 is 0 Å². The van der Waals surface area contributed by atoms with Crippen LogP contribution in [0.2, 0.25) is 0 Å². The molecule has 0 aliphatic carbocycles. The van der Waals surface area contributed by atoms with E-state index in [4.69, 9.17) is 10.2 Å². The second kappa shape index (κ2) is 5.86. The number of carboxylic acids is 1. The molecule has 98 valence electrons. The Labute approximate surface area is 101 Å². The number of aliphatic carboxylic acids is 1. The van der Waals surface area contributed by atoms with E-state index in [9.17, 15) is 9.59 Å². The van der Waals surface area contributed by atoms with E-state index in [2.05, 4.69) is 0 Å². The maximum absolute atomic E-state index is 11.9. The molecule has 2 N–H and O–H groups in total. The van der Waals surface area contributed by atoms with Crippen molar-refractivity contribution in [1.82, 2.24) is 9.80 Å². The van der Waals surface area contributed by atoms with Crippen molar-refractivity contribution >= 4 is 12.0 Å². The van der Waals surface area contributed by atoms with Crippen LogP contribution < -0.4 is 0 Å². The maximum Gasteiger partial charge on any atom is 0.319 e. The first-order valence-electron chi connectivity index (χ1n) is 5.79. The molecule has 0 bridgehead atoms. The van der Waals surface area contributed by atoms with Gasteiger partial charge in [-0.3, -0.25) is 4.79 Å². The number of amides is 2. The number of aliphatic hydroxyl groups excluding tert-OH is 1. The van der Waals surface area contributed by atoms with E-state index in [1.54, 1.807) is 18.9 Å². The van der Waals surface area contributed by atoms with Crippen LogP contribution in [0.5, 0.6) is 0 Å². The van der Waals surface area contributed by atoms with Gasteiger partial charge in [-0.15, -0.1) is 0 Å². The summed E-state index contributed by atoms with van der Waals surface area (Å²) < 4.78 is 0. The molecule has 2 unspecified atom stereocenters. The molecule has 0 saturated carbocycles. The lowest BCUT2D eigenvalue weighted by atomic mass is 10.1. The van der Waals surface area contributed by atoms with Crippen LogP contribution in [0.4, 0.5) is 4.79 Å². The third kappa shape index (κ3) is 3.59. The summed E-state index contributed by atoms with van der Waals surface area (Å²) in [6.07, 6.45) is 0.810. The second-order valence-electron chi connectivity index (χ2n) is 4.69. The molecule has 6 heteroatoms. The molecule has 2 amide bonds. The molecule has 0 aromatic carbocycles. The summed E-state index contributed by atoms with van der Waals surface area (Å²) in [4.78, 5) is 25.7. The fourth-order valence-corrected chi connectivity index (χ4v) is 1.96. The summed E-state index contributed by atoms with van der Waals surface area (Å²) >= 11 is 0. The van der Waals surface area contributed by atoms with E-state index < -0.39 is 11.9 Å². The minimum absolute atomic E-state index is 0.0963. The number of carboxylic acid groups (broad SMARTS) is 1. The quantitative estimate of drug-likeness (QED) is 0.733. The van der Waals surface area contributed by atoms with Crippen LogP contribution in [0.1, 0.15) is 13.3 Å². The van der Waals surface area contributed by atoms with Crippen molar-refractivity contribution in [1.29, 1.82) is 0 Å². The second-order valence-corrected chi connectivity index (χ2v) is 4.69. The number of nitrogens with zero attached hydrogens (tertiary/aromatic N) is 2. The highest BCUT2D eigenvalue weighted by Crippen LogP contribution is 2.17. The number of hydrogen-bond acceptors (Lipinski definition) is 3. The molecule has 1 fully saturated rings. The molecule has 0 aromatic heterocycles. The van der Waals surface area contributed by atoms with Gasteiger partial charge in [0.25, 0.3) is 0 Å². The van der Waals surface area contributed by atoms with E-state index in [1.807, 2.05) is 0 Å². The zero-order chi connectivity index (χ0) is 13.0. The van der Waals surface area contributed by atoms with Crippen molar-refractivity contribution in [3.8, 4) is 0 Å². The number of carbonyl (C=O) groups excluding carboxylic acids is 1. The maximum atomic E-state index is 11.9. The van der Waals surface area contributed by atoms with Gasteiger partial charge < -0.3 is 20.0 Å². The van der Waals surface area contributed by atoms with Gasteiger partial charge in [0.15, 0.2) is 0 Å². The lowest BCUT2D eigenvalue weighted by Crippen LogP contribution is -2.42. The number of likely N-dealkylation sites (tertiary alicyclic amines) is 1. The summed E-state index contributed by atoms with van der Waals surface area (Å²) in [5.41, 5.74) is 0. The third-order valence-electron chi connectivity index (χ3n) is 3.11. The van der Waals surface area contributed by atoms with Gasteiger partial charge in [0.2, 0.25) is 0 Å². The Hall–Kier alpha value is -1.30. The van der Waals surface area contributed by atoms with Crippen molar-refractivity contribution in [3.63, 3.8) is 0 Å². The first kappa shape index (κ1) is 13.8. The average Bonchev–Trinajstić information content (AvgIpc) is 2.76. The summed E-state index contributed by atoms with van der Waals surface area (Å²) in [5, 5.41) is 17.8. The Morgan fingerprint density at radius 2 is 2.18 bits per heavy atom. The van der Waals surface area contributed by atoms with Crippen LogP contribution in [0, 0.1) is 11.8 Å². The highest BCUT2D eigenvalue weighted by molar-refractivity contribution is 5.76. The van der Waals surface area contributed by atoms with Crippen LogP contribution in [-0.4, -0.2) is 65.3 Å². The molecule has 1 rings (SSSR count). The van der Waals surface area contributed by atoms with E-state index in [0.717, 1.165) is 6.42 Å². The monoisotopic (exact) mass is 244 g/mol. The predicted octanol–water partition coefficient (Wildman–Crippen LogP) is 0.0731. The Morgan fingerprint density at radius 3 is 2.65 bits per heavy atom. The highest BCUT2D eigenvalue weighted by atomic mass is 16.4. The molecular weight excluding hydrogens is 224 g/mol. The lowest BCUT2D eigenvalue weighted by Gasteiger charge is -2.25. The highest BCUT2D eigenvalue weighted by Gasteiger charge is 2.28. The Bertz CT molecular complexity index is 295. The molecule has 1 aliphatic rings. The zero-order valence-corrected chi connectivity index (χ0v) is 10.3. The molecule has 1 heterocycles. The fourth-order valence-electron chi connectivity index (χ4n) is 1.96. The Morgan fingerprint density at radius 1 is 1.53 bits per heavy atom. The predicted molar refractivity (Wildman–Crippen MR) is 61.6 cm³/mol. The average molecular weight is 244 g/mol. The van der Waals surface area contributed by atoms with Crippen LogP contribution in [0.15, 0.2) is 0 Å². The smallest absolute Gasteiger partial charge is 0.319 e. The third-order valence-corrected chi connectivity index (χ3v) is 3.11. The zero-order valence-electron chi connectivity index (χ0n) is 10.3. The van der Waals surface area contributed by atoms with Gasteiger partial charge >= 0.3 is 12.0 Å². The van der Waals surface area contributed by atoms with Crippen LogP contribution in [0.25, 0.3) is 0 Å². The first-order valence-corrected chi connectivity index (χ1v) is 5.79. The van der Waals surface area contributed by atoms with Gasteiger partial charge in [-0.2, -0.15) is 0 Å². The first-order chi connectivity index (χ1) is 7.95. The number of rotatable bonds is 4. The number of urea groups is 1. The van der Waals surface area contributed by atoms with E-state index in [-0.39, 0.29) is 25.1 Å². The van der Waals surface area contributed by atoms with Gasteiger partial charge in [-0.05, 0) is 6.42 Å². The summed E-state index contributed by atoms with van der Waals surface area (Å²) in [7, 11) is 1.61. The van der Waals surface area contributed by atoms with Crippen molar-refractivity contribution in [2.75, 3.05) is 33.3 Å². The van der Waals surface area contributed by atoms with Crippen molar-refractivity contribution < 1.29 is 19.8 Å². The fraction of sp³-hybridized carbons (Fsp3) is 0.818. The van der Waals surface area contributed by atoms with Gasteiger partial charge in [0.05, 0.1) is 5.92 Å². The largest absolute Gasteiger partial charge is 0.481 e. The molecule has 2 atom stereocenters. The van der Waals surface area contributed by atoms with Gasteiger partial charge in [-0.25, -0.2) is 4.79 Å². The molecule has 6 nitrogen and oxygen atoms in total. The molecular formula is C11H20N2O4. The summed E-state index contributed by atoms with van der Waals surface area (Å²) in [6.45, 7) is 3.07. The summed E-state index contributed by atoms with van der Waals surface area (Å²) in [6, 6.07) is -0.158. The van der Waals surface area contributed by atoms with Crippen LogP contribution >= 0.6 is 0 Å². The van der Waals surface area contributed by atoms with Crippen molar-refractivity contribution in [3.05, 3.63) is 0 Å². The number of hydrogen-bond donors (Lipinski definition) is 2. The molecule has 0 aromatic rings.